The molecule has 0 aliphatic carbocycles. The molecule has 10 heavy (non-hydrogen) atoms. The summed E-state index contributed by atoms with van der Waals surface area (Å²) in [5.74, 6) is 1.86. The highest BCUT2D eigenvalue weighted by Crippen LogP contribution is 2.18. The molecule has 0 amide bonds. The lowest BCUT2D eigenvalue weighted by atomic mass is 9.87. The van der Waals surface area contributed by atoms with Crippen LogP contribution in [-0.4, -0.2) is 26.2 Å². The molecule has 0 unspecified atom stereocenters. The minimum absolute atomic E-state index is 0. The van der Waals surface area contributed by atoms with Crippen molar-refractivity contribution in [2.45, 2.75) is 6.42 Å². The third-order valence-corrected chi connectivity index (χ3v) is 2.40. The lowest BCUT2D eigenvalue weighted by Gasteiger charge is -2.35. The highest BCUT2D eigenvalue weighted by molar-refractivity contribution is 5.85. The molecule has 2 saturated heterocycles. The number of hydrogen-bond acceptors (Lipinski definition) is 2. The van der Waals surface area contributed by atoms with Crippen LogP contribution < -0.4 is 10.6 Å². The zero-order valence-electron chi connectivity index (χ0n) is 6.10. The van der Waals surface area contributed by atoms with Gasteiger partial charge in [-0.05, 0) is 44.4 Å². The van der Waals surface area contributed by atoms with Gasteiger partial charge in [-0.25, -0.2) is 0 Å². The summed E-state index contributed by atoms with van der Waals surface area (Å²) in [6.07, 6.45) is 1.46. The number of hydrogen-bond donors (Lipinski definition) is 2. The molecule has 2 nitrogen and oxygen atoms in total. The van der Waals surface area contributed by atoms with Crippen molar-refractivity contribution in [3.8, 4) is 0 Å². The number of halogens is 1. The van der Waals surface area contributed by atoms with Gasteiger partial charge in [0, 0.05) is 0 Å². The van der Waals surface area contributed by atoms with Crippen LogP contribution >= 0.6 is 12.4 Å². The summed E-state index contributed by atoms with van der Waals surface area (Å²) in [6.45, 7) is 4.96. The lowest BCUT2D eigenvalue weighted by molar-refractivity contribution is 0.226. The fourth-order valence-electron chi connectivity index (χ4n) is 1.93. The van der Waals surface area contributed by atoms with Gasteiger partial charge in [0.15, 0.2) is 0 Å². The summed E-state index contributed by atoms with van der Waals surface area (Å²) in [4.78, 5) is 0. The number of rotatable bonds is 0. The molecule has 0 spiro atoms. The molecule has 3 heteroatoms. The first-order chi connectivity index (χ1) is 4.45. The van der Waals surface area contributed by atoms with Gasteiger partial charge in [-0.15, -0.1) is 12.4 Å². The van der Waals surface area contributed by atoms with Crippen molar-refractivity contribution in [1.82, 2.24) is 10.6 Å². The molecule has 2 rings (SSSR count). The Hall–Kier alpha value is 0.210. The SMILES string of the molecule is C1NCC2CNCC1C2.Cl. The first-order valence-electron chi connectivity index (χ1n) is 3.86. The molecular weight excluding hydrogens is 148 g/mol. The fourth-order valence-corrected chi connectivity index (χ4v) is 1.93. The van der Waals surface area contributed by atoms with Gasteiger partial charge in [0.2, 0.25) is 0 Å². The van der Waals surface area contributed by atoms with E-state index in [9.17, 15) is 0 Å². The van der Waals surface area contributed by atoms with Gasteiger partial charge >= 0.3 is 0 Å². The highest BCUT2D eigenvalue weighted by Gasteiger charge is 2.24. The van der Waals surface area contributed by atoms with E-state index in [4.69, 9.17) is 0 Å². The molecule has 0 aromatic heterocycles. The normalized spacial score (nSPS) is 38.4. The number of nitrogens with one attached hydrogen (secondary N) is 2. The number of fused-ring (bicyclic) bond motifs is 2. The van der Waals surface area contributed by atoms with Crippen LogP contribution in [0.3, 0.4) is 0 Å². The Labute approximate surface area is 68.2 Å². The molecule has 0 saturated carbocycles. The quantitative estimate of drug-likeness (QED) is 0.533. The Bertz CT molecular complexity index is 87.8. The highest BCUT2D eigenvalue weighted by atomic mass is 35.5. The van der Waals surface area contributed by atoms with Crippen LogP contribution in [-0.2, 0) is 0 Å². The standard InChI is InChI=1S/C7H14N2.ClH/c1-6-2-8-4-7(1)5-9-3-6;/h6-9H,1-5H2;1H. The molecule has 60 valence electrons. The van der Waals surface area contributed by atoms with Crippen molar-refractivity contribution in [3.05, 3.63) is 0 Å². The van der Waals surface area contributed by atoms with E-state index < -0.39 is 0 Å². The van der Waals surface area contributed by atoms with Crippen molar-refractivity contribution in [2.75, 3.05) is 26.2 Å². The van der Waals surface area contributed by atoms with E-state index in [1.54, 1.807) is 0 Å². The van der Waals surface area contributed by atoms with Crippen LogP contribution in [0.2, 0.25) is 0 Å². The zero-order chi connectivity index (χ0) is 6.10. The first-order valence-corrected chi connectivity index (χ1v) is 3.86. The maximum absolute atomic E-state index is 3.45. The van der Waals surface area contributed by atoms with Crippen LogP contribution in [0.5, 0.6) is 0 Å². The predicted molar refractivity (Wildman–Crippen MR) is 44.6 cm³/mol. The monoisotopic (exact) mass is 162 g/mol. The molecule has 0 aromatic rings. The third kappa shape index (κ3) is 1.62. The molecular formula is C7H15ClN2. The van der Waals surface area contributed by atoms with Gasteiger partial charge in [0.05, 0.1) is 0 Å². The van der Waals surface area contributed by atoms with Crippen LogP contribution in [0.25, 0.3) is 0 Å². The van der Waals surface area contributed by atoms with E-state index in [0.717, 1.165) is 11.8 Å². The molecule has 0 aromatic carbocycles. The topological polar surface area (TPSA) is 24.1 Å². The van der Waals surface area contributed by atoms with E-state index in [2.05, 4.69) is 10.6 Å². The Kier molecular flexibility index (Phi) is 2.96. The van der Waals surface area contributed by atoms with E-state index in [-0.39, 0.29) is 12.4 Å². The Morgan fingerprint density at radius 3 is 1.50 bits per heavy atom. The van der Waals surface area contributed by atoms with Gasteiger partial charge in [0.25, 0.3) is 0 Å². The van der Waals surface area contributed by atoms with Crippen LogP contribution in [0.4, 0.5) is 0 Å². The largest absolute Gasteiger partial charge is 0.316 e. The molecule has 2 N–H and O–H groups in total. The molecule has 2 aliphatic rings. The Morgan fingerprint density at radius 1 is 0.800 bits per heavy atom. The van der Waals surface area contributed by atoms with Crippen molar-refractivity contribution in [3.63, 3.8) is 0 Å². The van der Waals surface area contributed by atoms with Crippen LogP contribution in [0.15, 0.2) is 0 Å². The molecule has 0 atom stereocenters. The van der Waals surface area contributed by atoms with Gasteiger partial charge < -0.3 is 10.6 Å². The maximum atomic E-state index is 3.45. The van der Waals surface area contributed by atoms with Gasteiger partial charge in [0.1, 0.15) is 0 Å². The summed E-state index contributed by atoms with van der Waals surface area (Å²) in [6, 6.07) is 0. The summed E-state index contributed by atoms with van der Waals surface area (Å²) < 4.78 is 0. The smallest absolute Gasteiger partial charge is 0.000814 e. The van der Waals surface area contributed by atoms with Crippen molar-refractivity contribution in [1.29, 1.82) is 0 Å². The molecule has 0 radical (unpaired) electrons. The fraction of sp³-hybridized carbons (Fsp3) is 1.00. The summed E-state index contributed by atoms with van der Waals surface area (Å²) in [5.41, 5.74) is 0. The van der Waals surface area contributed by atoms with E-state index in [1.165, 1.54) is 32.6 Å². The second kappa shape index (κ2) is 3.56. The second-order valence-electron chi connectivity index (χ2n) is 3.28. The molecule has 2 fully saturated rings. The lowest BCUT2D eigenvalue weighted by Crippen LogP contribution is -2.49. The second-order valence-corrected chi connectivity index (χ2v) is 3.28. The molecule has 2 heterocycles. The van der Waals surface area contributed by atoms with Gasteiger partial charge in [-0.2, -0.15) is 0 Å². The van der Waals surface area contributed by atoms with Gasteiger partial charge in [-0.3, -0.25) is 0 Å². The summed E-state index contributed by atoms with van der Waals surface area (Å²) >= 11 is 0. The predicted octanol–water partition coefficient (Wildman–Crippen LogP) is 0.237. The molecule has 2 bridgehead atoms. The minimum Gasteiger partial charge on any atom is -0.316 e. The van der Waals surface area contributed by atoms with Gasteiger partial charge in [-0.1, -0.05) is 0 Å². The maximum Gasteiger partial charge on any atom is -0.000814 e. The zero-order valence-corrected chi connectivity index (χ0v) is 6.91. The Morgan fingerprint density at radius 2 is 1.20 bits per heavy atom. The van der Waals surface area contributed by atoms with Crippen molar-refractivity contribution in [2.24, 2.45) is 11.8 Å². The van der Waals surface area contributed by atoms with E-state index >= 15 is 0 Å². The minimum atomic E-state index is 0. The summed E-state index contributed by atoms with van der Waals surface area (Å²) in [5, 5.41) is 6.89. The third-order valence-electron chi connectivity index (χ3n) is 2.40. The average Bonchev–Trinajstić information content (AvgIpc) is 1.88. The van der Waals surface area contributed by atoms with E-state index in [1.807, 2.05) is 0 Å². The first kappa shape index (κ1) is 8.31. The Balaban J connectivity index is 0.000000500. The van der Waals surface area contributed by atoms with Crippen molar-refractivity contribution >= 4 is 12.4 Å². The molecule has 2 aliphatic heterocycles. The van der Waals surface area contributed by atoms with Crippen LogP contribution in [0.1, 0.15) is 6.42 Å². The van der Waals surface area contributed by atoms with E-state index in [0.29, 0.717) is 0 Å². The summed E-state index contributed by atoms with van der Waals surface area (Å²) in [7, 11) is 0. The number of piperidine rings is 2. The van der Waals surface area contributed by atoms with Crippen molar-refractivity contribution < 1.29 is 0 Å². The van der Waals surface area contributed by atoms with Crippen LogP contribution in [0, 0.1) is 11.8 Å². The average molecular weight is 163 g/mol.